The second-order valence-electron chi connectivity index (χ2n) is 6.48. The van der Waals surface area contributed by atoms with Gasteiger partial charge < -0.3 is 19.9 Å². The van der Waals surface area contributed by atoms with Crippen LogP contribution in [-0.2, 0) is 6.54 Å². The second-order valence-corrected chi connectivity index (χ2v) is 6.88. The number of hydrogen-bond donors (Lipinski definition) is 2. The number of thiocarbonyl (C=S) groups is 1. The Balaban J connectivity index is 1.64. The van der Waals surface area contributed by atoms with Gasteiger partial charge in [-0.25, -0.2) is 4.98 Å². The van der Waals surface area contributed by atoms with E-state index in [0.717, 1.165) is 28.5 Å². The van der Waals surface area contributed by atoms with Crippen molar-refractivity contribution in [2.45, 2.75) is 33.4 Å². The predicted octanol–water partition coefficient (Wildman–Crippen LogP) is 4.45. The zero-order valence-corrected chi connectivity index (χ0v) is 16.6. The summed E-state index contributed by atoms with van der Waals surface area (Å²) >= 11 is 5.45. The van der Waals surface area contributed by atoms with Gasteiger partial charge in [0.25, 0.3) is 0 Å². The molecular formula is C21H24N4OS. The molecule has 1 aromatic heterocycles. The molecule has 5 nitrogen and oxygen atoms in total. The molecule has 0 spiro atoms. The van der Waals surface area contributed by atoms with Crippen molar-refractivity contribution in [3.8, 4) is 11.4 Å². The quantitative estimate of drug-likeness (QED) is 0.619. The first-order valence-electron chi connectivity index (χ1n) is 8.93. The lowest BCUT2D eigenvalue weighted by Crippen LogP contribution is -2.28. The molecule has 27 heavy (non-hydrogen) atoms. The number of para-hydroxylation sites is 1. The number of hydrogen-bond acceptors (Lipinski definition) is 3. The van der Waals surface area contributed by atoms with Crippen LogP contribution in [0.4, 0.5) is 5.69 Å². The molecule has 0 fully saturated rings. The van der Waals surface area contributed by atoms with E-state index >= 15 is 0 Å². The maximum absolute atomic E-state index is 5.72. The molecule has 0 atom stereocenters. The fourth-order valence-corrected chi connectivity index (χ4v) is 2.99. The summed E-state index contributed by atoms with van der Waals surface area (Å²) < 4.78 is 7.79. The monoisotopic (exact) mass is 380 g/mol. The highest BCUT2D eigenvalue weighted by atomic mass is 32.1. The largest absolute Gasteiger partial charge is 0.491 e. The normalized spacial score (nSPS) is 10.7. The van der Waals surface area contributed by atoms with Gasteiger partial charge >= 0.3 is 0 Å². The number of nitrogens with zero attached hydrogens (tertiary/aromatic N) is 2. The molecule has 0 radical (unpaired) electrons. The molecule has 0 aliphatic carbocycles. The van der Waals surface area contributed by atoms with Gasteiger partial charge in [0.05, 0.1) is 11.8 Å². The van der Waals surface area contributed by atoms with Gasteiger partial charge in [-0.1, -0.05) is 24.3 Å². The number of benzene rings is 2. The molecule has 2 N–H and O–H groups in total. The molecule has 140 valence electrons. The van der Waals surface area contributed by atoms with Crippen LogP contribution >= 0.6 is 12.2 Å². The Hall–Kier alpha value is -2.86. The fourth-order valence-electron chi connectivity index (χ4n) is 2.80. The molecule has 0 aliphatic heterocycles. The molecule has 0 saturated heterocycles. The lowest BCUT2D eigenvalue weighted by molar-refractivity contribution is 0.242. The fraction of sp³-hybridized carbons (Fsp3) is 0.238. The van der Waals surface area contributed by atoms with Gasteiger partial charge in [0.15, 0.2) is 5.11 Å². The summed E-state index contributed by atoms with van der Waals surface area (Å²) in [6.45, 7) is 6.61. The third-order valence-corrected chi connectivity index (χ3v) is 4.23. The van der Waals surface area contributed by atoms with Crippen LogP contribution in [-0.4, -0.2) is 20.8 Å². The lowest BCUT2D eigenvalue weighted by atomic mass is 10.1. The minimum Gasteiger partial charge on any atom is -0.491 e. The Morgan fingerprint density at radius 1 is 1.19 bits per heavy atom. The molecule has 3 rings (SSSR count). The molecule has 0 bridgehead atoms. The van der Waals surface area contributed by atoms with E-state index < -0.39 is 0 Å². The average molecular weight is 381 g/mol. The van der Waals surface area contributed by atoms with Gasteiger partial charge in [0, 0.05) is 30.7 Å². The van der Waals surface area contributed by atoms with Crippen molar-refractivity contribution >= 4 is 23.0 Å². The van der Waals surface area contributed by atoms with Crippen molar-refractivity contribution in [2.75, 3.05) is 5.32 Å². The van der Waals surface area contributed by atoms with E-state index in [1.54, 1.807) is 6.20 Å². The van der Waals surface area contributed by atoms with E-state index in [0.29, 0.717) is 11.7 Å². The Labute approximate surface area is 165 Å². The average Bonchev–Trinajstić information content (AvgIpc) is 3.06. The molecular weight excluding hydrogens is 356 g/mol. The van der Waals surface area contributed by atoms with Crippen LogP contribution in [0.3, 0.4) is 0 Å². The van der Waals surface area contributed by atoms with Crippen LogP contribution in [0.15, 0.2) is 60.9 Å². The molecule has 3 aromatic rings. The topological polar surface area (TPSA) is 51.1 Å². The van der Waals surface area contributed by atoms with Crippen molar-refractivity contribution < 1.29 is 4.74 Å². The number of imidazole rings is 1. The highest BCUT2D eigenvalue weighted by Crippen LogP contribution is 2.19. The van der Waals surface area contributed by atoms with Gasteiger partial charge in [-0.2, -0.15) is 0 Å². The number of nitrogens with one attached hydrogen (secondary N) is 2. The number of rotatable bonds is 6. The van der Waals surface area contributed by atoms with E-state index in [-0.39, 0.29) is 6.10 Å². The first-order valence-corrected chi connectivity index (χ1v) is 9.33. The number of ether oxygens (including phenoxy) is 1. The van der Waals surface area contributed by atoms with Crippen molar-refractivity contribution in [1.82, 2.24) is 14.9 Å². The highest BCUT2D eigenvalue weighted by molar-refractivity contribution is 7.80. The number of anilines is 1. The summed E-state index contributed by atoms with van der Waals surface area (Å²) in [4.78, 5) is 4.31. The Kier molecular flexibility index (Phi) is 6.08. The zero-order chi connectivity index (χ0) is 19.2. The minimum atomic E-state index is 0.133. The van der Waals surface area contributed by atoms with Gasteiger partial charge in [-0.3, -0.25) is 0 Å². The van der Waals surface area contributed by atoms with E-state index in [4.69, 9.17) is 17.0 Å². The molecule has 6 heteroatoms. The van der Waals surface area contributed by atoms with Crippen LogP contribution in [0.2, 0.25) is 0 Å². The summed E-state index contributed by atoms with van der Waals surface area (Å²) in [5.41, 5.74) is 3.12. The molecule has 0 saturated carbocycles. The van der Waals surface area contributed by atoms with Crippen LogP contribution < -0.4 is 15.4 Å². The van der Waals surface area contributed by atoms with Crippen LogP contribution in [0.5, 0.6) is 5.75 Å². The van der Waals surface area contributed by atoms with Crippen molar-refractivity contribution in [3.63, 3.8) is 0 Å². The molecule has 0 unspecified atom stereocenters. The number of aromatic nitrogens is 2. The summed E-state index contributed by atoms with van der Waals surface area (Å²) in [7, 11) is 0. The van der Waals surface area contributed by atoms with Crippen molar-refractivity contribution in [2.24, 2.45) is 0 Å². The lowest BCUT2D eigenvalue weighted by Gasteiger charge is -2.15. The maximum Gasteiger partial charge on any atom is 0.171 e. The third-order valence-electron chi connectivity index (χ3n) is 3.98. The van der Waals surface area contributed by atoms with E-state index in [2.05, 4.69) is 32.3 Å². The van der Waals surface area contributed by atoms with Crippen LogP contribution in [0, 0.1) is 6.92 Å². The molecule has 0 amide bonds. The van der Waals surface area contributed by atoms with E-state index in [1.165, 1.54) is 0 Å². The standard InChI is InChI=1S/C21H24N4OS/c1-15(2)26-19-9-6-8-18(13-19)24-21(27)23-14-17-7-4-5-10-20(17)25-12-11-22-16(25)3/h4-13,15H,14H2,1-3H3,(H2,23,24,27). The van der Waals surface area contributed by atoms with Crippen molar-refractivity contribution in [3.05, 3.63) is 72.3 Å². The summed E-state index contributed by atoms with van der Waals surface area (Å²) in [6.07, 6.45) is 3.90. The first-order chi connectivity index (χ1) is 13.0. The van der Waals surface area contributed by atoms with Gasteiger partial charge in [-0.05, 0) is 56.8 Å². The van der Waals surface area contributed by atoms with Gasteiger partial charge in [-0.15, -0.1) is 0 Å². The summed E-state index contributed by atoms with van der Waals surface area (Å²) in [5.74, 6) is 1.77. The van der Waals surface area contributed by atoms with Crippen LogP contribution in [0.25, 0.3) is 5.69 Å². The zero-order valence-electron chi connectivity index (χ0n) is 15.8. The predicted molar refractivity (Wildman–Crippen MR) is 114 cm³/mol. The first kappa shape index (κ1) is 18.9. The van der Waals surface area contributed by atoms with Gasteiger partial charge in [0.1, 0.15) is 11.6 Å². The number of aryl methyl sites for hydroxylation is 1. The van der Waals surface area contributed by atoms with Crippen molar-refractivity contribution in [1.29, 1.82) is 0 Å². The van der Waals surface area contributed by atoms with E-state index in [1.807, 2.05) is 63.4 Å². The Morgan fingerprint density at radius 3 is 2.74 bits per heavy atom. The van der Waals surface area contributed by atoms with Gasteiger partial charge in [0.2, 0.25) is 0 Å². The SMILES string of the molecule is Cc1nccn1-c1ccccc1CNC(=S)Nc1cccc(OC(C)C)c1. The summed E-state index contributed by atoms with van der Waals surface area (Å²) in [5, 5.41) is 7.05. The third kappa shape index (κ3) is 5.08. The molecule has 2 aromatic carbocycles. The molecule has 0 aliphatic rings. The van der Waals surface area contributed by atoms with Crippen LogP contribution in [0.1, 0.15) is 25.2 Å². The Morgan fingerprint density at radius 2 is 2.00 bits per heavy atom. The maximum atomic E-state index is 5.72. The van der Waals surface area contributed by atoms with E-state index in [9.17, 15) is 0 Å². The second kappa shape index (κ2) is 8.68. The molecule has 1 heterocycles. The highest BCUT2D eigenvalue weighted by Gasteiger charge is 2.07. The summed E-state index contributed by atoms with van der Waals surface area (Å²) in [6, 6.07) is 16.0. The smallest absolute Gasteiger partial charge is 0.171 e. The Bertz CT molecular complexity index is 920. The minimum absolute atomic E-state index is 0.133.